The second-order valence-electron chi connectivity index (χ2n) is 4.66. The zero-order valence-electron chi connectivity index (χ0n) is 11.3. The summed E-state index contributed by atoms with van der Waals surface area (Å²) in [4.78, 5) is 23.3. The number of benzene rings is 1. The molecular formula is C15H18ClNO3. The summed E-state index contributed by atoms with van der Waals surface area (Å²) in [5.41, 5.74) is 7.25. The predicted octanol–water partition coefficient (Wildman–Crippen LogP) is 2.19. The summed E-state index contributed by atoms with van der Waals surface area (Å²) in [5.74, 6) is -0.380. The summed E-state index contributed by atoms with van der Waals surface area (Å²) in [6.07, 6.45) is 5.24. The summed E-state index contributed by atoms with van der Waals surface area (Å²) in [5, 5.41) is 0. The van der Waals surface area contributed by atoms with Crippen LogP contribution in [0.15, 0.2) is 30.4 Å². The molecule has 0 aliphatic heterocycles. The number of nitrogens with two attached hydrogens (primary N) is 1. The van der Waals surface area contributed by atoms with Crippen LogP contribution in [0, 0.1) is 0 Å². The Morgan fingerprint density at radius 3 is 2.90 bits per heavy atom. The maximum Gasteiger partial charge on any atom is 0.307 e. The normalized spacial score (nSPS) is 19.6. The van der Waals surface area contributed by atoms with E-state index < -0.39 is 5.41 Å². The molecule has 4 nitrogen and oxygen atoms in total. The average Bonchev–Trinajstić information content (AvgIpc) is 2.39. The van der Waals surface area contributed by atoms with Crippen LogP contribution in [0.3, 0.4) is 0 Å². The van der Waals surface area contributed by atoms with E-state index in [0.29, 0.717) is 12.3 Å². The molecule has 0 fully saturated rings. The first-order chi connectivity index (χ1) is 9.11. The molecule has 1 aromatic rings. The Kier molecular flexibility index (Phi) is 5.34. The Morgan fingerprint density at radius 2 is 2.25 bits per heavy atom. The van der Waals surface area contributed by atoms with Crippen molar-refractivity contribution in [2.75, 3.05) is 12.3 Å². The number of rotatable bonds is 4. The topological polar surface area (TPSA) is 69.4 Å². The standard InChI is InChI=1S/C15H17NO3.ClH/c1-2-19-14(18)9-15(10-17)7-3-4-11-5-6-12(16)8-13(11)15;/h3,5-8,10H,2,4,9,16H2,1H3;1H. The molecule has 0 spiro atoms. The number of carbonyl (C=O) groups is 2. The third-order valence-electron chi connectivity index (χ3n) is 3.34. The lowest BCUT2D eigenvalue weighted by molar-refractivity contribution is -0.145. The average molecular weight is 296 g/mol. The van der Waals surface area contributed by atoms with Crippen molar-refractivity contribution >= 4 is 30.3 Å². The highest BCUT2D eigenvalue weighted by molar-refractivity contribution is 5.85. The van der Waals surface area contributed by atoms with Crippen molar-refractivity contribution in [2.24, 2.45) is 0 Å². The van der Waals surface area contributed by atoms with Gasteiger partial charge in [0.1, 0.15) is 6.29 Å². The molecule has 2 rings (SSSR count). The molecule has 2 N–H and O–H groups in total. The molecule has 1 atom stereocenters. The number of ether oxygens (including phenoxy) is 1. The van der Waals surface area contributed by atoms with Gasteiger partial charge in [0.05, 0.1) is 18.4 Å². The first-order valence-electron chi connectivity index (χ1n) is 6.30. The zero-order valence-corrected chi connectivity index (χ0v) is 12.1. The molecule has 1 aliphatic carbocycles. The third kappa shape index (κ3) is 3.02. The Bertz CT molecular complexity index is 542. The maximum absolute atomic E-state index is 11.7. The molecule has 20 heavy (non-hydrogen) atoms. The fourth-order valence-electron chi connectivity index (χ4n) is 2.44. The molecule has 0 radical (unpaired) electrons. The van der Waals surface area contributed by atoms with Gasteiger partial charge >= 0.3 is 5.97 Å². The number of esters is 1. The summed E-state index contributed by atoms with van der Waals surface area (Å²) < 4.78 is 4.95. The van der Waals surface area contributed by atoms with E-state index in [2.05, 4.69) is 0 Å². The number of hydrogen-bond acceptors (Lipinski definition) is 4. The van der Waals surface area contributed by atoms with Crippen molar-refractivity contribution in [1.82, 2.24) is 0 Å². The van der Waals surface area contributed by atoms with Crippen LogP contribution in [-0.4, -0.2) is 18.9 Å². The zero-order chi connectivity index (χ0) is 13.9. The van der Waals surface area contributed by atoms with Gasteiger partial charge in [-0.05, 0) is 36.6 Å². The van der Waals surface area contributed by atoms with Gasteiger partial charge in [-0.25, -0.2) is 0 Å². The van der Waals surface area contributed by atoms with Crippen LogP contribution in [0.2, 0.25) is 0 Å². The monoisotopic (exact) mass is 295 g/mol. The number of halogens is 1. The van der Waals surface area contributed by atoms with Crippen LogP contribution in [0.1, 0.15) is 24.5 Å². The van der Waals surface area contributed by atoms with E-state index in [1.54, 1.807) is 25.1 Å². The van der Waals surface area contributed by atoms with E-state index in [9.17, 15) is 9.59 Å². The highest BCUT2D eigenvalue weighted by Crippen LogP contribution is 2.35. The summed E-state index contributed by atoms with van der Waals surface area (Å²) >= 11 is 0. The number of allylic oxidation sites excluding steroid dienone is 2. The predicted molar refractivity (Wildman–Crippen MR) is 79.9 cm³/mol. The fourth-order valence-corrected chi connectivity index (χ4v) is 2.44. The molecule has 5 heteroatoms. The molecule has 0 heterocycles. The van der Waals surface area contributed by atoms with Crippen LogP contribution >= 0.6 is 12.4 Å². The van der Waals surface area contributed by atoms with E-state index in [4.69, 9.17) is 10.5 Å². The van der Waals surface area contributed by atoms with Crippen molar-refractivity contribution in [1.29, 1.82) is 0 Å². The summed E-state index contributed by atoms with van der Waals surface area (Å²) in [6, 6.07) is 5.47. The molecule has 1 aromatic carbocycles. The molecule has 0 amide bonds. The lowest BCUT2D eigenvalue weighted by Crippen LogP contribution is -2.33. The first-order valence-corrected chi connectivity index (χ1v) is 6.30. The minimum absolute atomic E-state index is 0. The van der Waals surface area contributed by atoms with Gasteiger partial charge < -0.3 is 15.3 Å². The SMILES string of the molecule is CCOC(=O)CC1(C=O)C=CCc2ccc(N)cc21.Cl. The van der Waals surface area contributed by atoms with E-state index in [1.807, 2.05) is 12.1 Å². The van der Waals surface area contributed by atoms with Crippen LogP contribution in [0.5, 0.6) is 0 Å². The molecule has 108 valence electrons. The Hall–Kier alpha value is -1.81. The summed E-state index contributed by atoms with van der Waals surface area (Å²) in [6.45, 7) is 2.05. The molecule has 1 aliphatic rings. The summed E-state index contributed by atoms with van der Waals surface area (Å²) in [7, 11) is 0. The highest BCUT2D eigenvalue weighted by atomic mass is 35.5. The van der Waals surface area contributed by atoms with Gasteiger partial charge in [0.15, 0.2) is 0 Å². The Morgan fingerprint density at radius 1 is 1.50 bits per heavy atom. The van der Waals surface area contributed by atoms with E-state index in [0.717, 1.165) is 23.8 Å². The van der Waals surface area contributed by atoms with Crippen molar-refractivity contribution in [2.45, 2.75) is 25.2 Å². The van der Waals surface area contributed by atoms with Crippen LogP contribution in [0.25, 0.3) is 0 Å². The van der Waals surface area contributed by atoms with Crippen molar-refractivity contribution in [3.05, 3.63) is 41.5 Å². The minimum atomic E-state index is -0.949. The van der Waals surface area contributed by atoms with Crippen molar-refractivity contribution in [3.63, 3.8) is 0 Å². The van der Waals surface area contributed by atoms with E-state index in [1.165, 1.54) is 0 Å². The Balaban J connectivity index is 0.00000200. The van der Waals surface area contributed by atoms with Gasteiger partial charge in [-0.15, -0.1) is 12.4 Å². The third-order valence-corrected chi connectivity index (χ3v) is 3.34. The largest absolute Gasteiger partial charge is 0.466 e. The van der Waals surface area contributed by atoms with Crippen LogP contribution in [-0.2, 0) is 26.2 Å². The smallest absolute Gasteiger partial charge is 0.307 e. The van der Waals surface area contributed by atoms with Gasteiger partial charge in [0, 0.05) is 5.69 Å². The number of hydrogen-bond donors (Lipinski definition) is 1. The molecule has 0 saturated heterocycles. The molecule has 0 bridgehead atoms. The van der Waals surface area contributed by atoms with Crippen LogP contribution in [0.4, 0.5) is 5.69 Å². The molecule has 0 saturated carbocycles. The molecule has 0 aromatic heterocycles. The number of fused-ring (bicyclic) bond motifs is 1. The minimum Gasteiger partial charge on any atom is -0.466 e. The molecule has 1 unspecified atom stereocenters. The van der Waals surface area contributed by atoms with Crippen LogP contribution < -0.4 is 5.73 Å². The second kappa shape index (κ2) is 6.57. The number of carbonyl (C=O) groups excluding carboxylic acids is 2. The van der Waals surface area contributed by atoms with E-state index in [-0.39, 0.29) is 24.8 Å². The van der Waals surface area contributed by atoms with Crippen molar-refractivity contribution < 1.29 is 14.3 Å². The van der Waals surface area contributed by atoms with Crippen molar-refractivity contribution in [3.8, 4) is 0 Å². The van der Waals surface area contributed by atoms with Gasteiger partial charge in [0.25, 0.3) is 0 Å². The van der Waals surface area contributed by atoms with Gasteiger partial charge in [-0.2, -0.15) is 0 Å². The second-order valence-corrected chi connectivity index (χ2v) is 4.66. The Labute approximate surface area is 124 Å². The number of aldehydes is 1. The number of nitrogen functional groups attached to an aromatic ring is 1. The van der Waals surface area contributed by atoms with E-state index >= 15 is 0 Å². The lowest BCUT2D eigenvalue weighted by atomic mass is 9.73. The lowest BCUT2D eigenvalue weighted by Gasteiger charge is -2.29. The van der Waals surface area contributed by atoms with Gasteiger partial charge in [-0.3, -0.25) is 4.79 Å². The maximum atomic E-state index is 11.7. The quantitative estimate of drug-likeness (QED) is 0.400. The number of anilines is 1. The highest BCUT2D eigenvalue weighted by Gasteiger charge is 2.36. The molecular weight excluding hydrogens is 278 g/mol. The van der Waals surface area contributed by atoms with Gasteiger partial charge in [-0.1, -0.05) is 18.2 Å². The first kappa shape index (κ1) is 16.2. The fraction of sp³-hybridized carbons (Fsp3) is 0.333. The van der Waals surface area contributed by atoms with Gasteiger partial charge in [0.2, 0.25) is 0 Å².